The highest BCUT2D eigenvalue weighted by molar-refractivity contribution is 6.33. The zero-order valence-electron chi connectivity index (χ0n) is 13.0. The van der Waals surface area contributed by atoms with Gasteiger partial charge in [-0.25, -0.2) is 4.79 Å². The second-order valence-corrected chi connectivity index (χ2v) is 5.64. The van der Waals surface area contributed by atoms with Gasteiger partial charge < -0.3 is 14.6 Å². The van der Waals surface area contributed by atoms with Gasteiger partial charge in [-0.15, -0.1) is 0 Å². The first-order valence-electron chi connectivity index (χ1n) is 7.30. The number of methoxy groups -OCH3 is 1. The second kappa shape index (κ2) is 6.76. The number of amides is 1. The Labute approximate surface area is 143 Å². The molecule has 24 heavy (non-hydrogen) atoms. The lowest BCUT2D eigenvalue weighted by atomic mass is 10.2. The summed E-state index contributed by atoms with van der Waals surface area (Å²) < 4.78 is 6.52. The number of halogens is 1. The van der Waals surface area contributed by atoms with Crippen LogP contribution in [-0.2, 0) is 16.1 Å². The summed E-state index contributed by atoms with van der Waals surface area (Å²) >= 11 is 6.09. The number of para-hydroxylation sites is 1. The van der Waals surface area contributed by atoms with E-state index in [2.05, 4.69) is 10.1 Å². The van der Waals surface area contributed by atoms with Crippen LogP contribution in [0.4, 0.5) is 5.69 Å². The number of nitrogens with one attached hydrogen (secondary N) is 1. The van der Waals surface area contributed by atoms with Crippen molar-refractivity contribution >= 4 is 40.1 Å². The van der Waals surface area contributed by atoms with Crippen molar-refractivity contribution in [2.45, 2.75) is 6.54 Å². The molecule has 0 aliphatic rings. The van der Waals surface area contributed by atoms with Crippen LogP contribution >= 0.6 is 11.6 Å². The first kappa shape index (κ1) is 16.1. The summed E-state index contributed by atoms with van der Waals surface area (Å²) in [5, 5.41) is 4.15. The number of carbonyl (C=O) groups excluding carboxylic acids is 2. The number of hydrogen-bond donors (Lipinski definition) is 1. The van der Waals surface area contributed by atoms with Crippen LogP contribution in [0.3, 0.4) is 0 Å². The third kappa shape index (κ3) is 3.26. The van der Waals surface area contributed by atoms with E-state index in [1.807, 2.05) is 41.1 Å². The van der Waals surface area contributed by atoms with Crippen molar-refractivity contribution in [1.82, 2.24) is 4.57 Å². The maximum Gasteiger partial charge on any atom is 0.337 e. The van der Waals surface area contributed by atoms with Crippen molar-refractivity contribution in [2.75, 3.05) is 12.4 Å². The Morgan fingerprint density at radius 2 is 1.96 bits per heavy atom. The van der Waals surface area contributed by atoms with Gasteiger partial charge in [0.2, 0.25) is 5.91 Å². The first-order chi connectivity index (χ1) is 11.6. The van der Waals surface area contributed by atoms with Crippen molar-refractivity contribution < 1.29 is 14.3 Å². The van der Waals surface area contributed by atoms with E-state index in [1.165, 1.54) is 13.2 Å². The predicted octanol–water partition coefficient (Wildman–Crippen LogP) is 3.72. The Hall–Kier alpha value is -2.79. The van der Waals surface area contributed by atoms with Crippen LogP contribution in [0.15, 0.2) is 54.7 Å². The van der Waals surface area contributed by atoms with Gasteiger partial charge in [0.25, 0.3) is 0 Å². The largest absolute Gasteiger partial charge is 0.465 e. The summed E-state index contributed by atoms with van der Waals surface area (Å²) in [6, 6.07) is 14.4. The molecular weight excluding hydrogens is 328 g/mol. The van der Waals surface area contributed by atoms with E-state index in [9.17, 15) is 9.59 Å². The molecule has 0 aliphatic carbocycles. The summed E-state index contributed by atoms with van der Waals surface area (Å²) in [6.07, 6.45) is 1.86. The van der Waals surface area contributed by atoms with Crippen molar-refractivity contribution in [1.29, 1.82) is 0 Å². The number of benzene rings is 2. The van der Waals surface area contributed by atoms with Crippen LogP contribution in [0.2, 0.25) is 5.02 Å². The summed E-state index contributed by atoms with van der Waals surface area (Å²) in [5.41, 5.74) is 1.67. The molecule has 122 valence electrons. The van der Waals surface area contributed by atoms with Crippen molar-refractivity contribution in [3.05, 3.63) is 65.3 Å². The Morgan fingerprint density at radius 3 is 2.75 bits per heavy atom. The molecular formula is C18H15ClN2O3. The number of carbonyl (C=O) groups is 2. The molecule has 0 bridgehead atoms. The fourth-order valence-electron chi connectivity index (χ4n) is 2.49. The predicted molar refractivity (Wildman–Crippen MR) is 93.4 cm³/mol. The van der Waals surface area contributed by atoms with Gasteiger partial charge in [-0.05, 0) is 35.7 Å². The number of nitrogens with zero attached hydrogens (tertiary/aromatic N) is 1. The van der Waals surface area contributed by atoms with Crippen molar-refractivity contribution in [2.24, 2.45) is 0 Å². The number of fused-ring (bicyclic) bond motifs is 1. The minimum Gasteiger partial charge on any atom is -0.465 e. The smallest absolute Gasteiger partial charge is 0.337 e. The molecule has 0 fully saturated rings. The van der Waals surface area contributed by atoms with E-state index >= 15 is 0 Å². The molecule has 1 N–H and O–H groups in total. The number of rotatable bonds is 4. The van der Waals surface area contributed by atoms with Crippen LogP contribution in [0, 0.1) is 0 Å². The van der Waals surface area contributed by atoms with Gasteiger partial charge in [0, 0.05) is 11.7 Å². The number of anilines is 1. The van der Waals surface area contributed by atoms with Gasteiger partial charge in [-0.1, -0.05) is 29.8 Å². The lowest BCUT2D eigenvalue weighted by Crippen LogP contribution is -2.18. The normalized spacial score (nSPS) is 10.6. The average molecular weight is 343 g/mol. The number of ether oxygens (including phenoxy) is 1. The Bertz CT molecular complexity index is 918. The third-order valence-corrected chi connectivity index (χ3v) is 3.99. The van der Waals surface area contributed by atoms with Gasteiger partial charge in [0.05, 0.1) is 23.4 Å². The molecule has 0 radical (unpaired) electrons. The Morgan fingerprint density at radius 1 is 1.17 bits per heavy atom. The Kier molecular flexibility index (Phi) is 4.53. The quantitative estimate of drug-likeness (QED) is 0.735. The summed E-state index contributed by atoms with van der Waals surface area (Å²) in [6.45, 7) is 0.145. The molecule has 6 heteroatoms. The number of aromatic nitrogens is 1. The van der Waals surface area contributed by atoms with Crippen LogP contribution in [0.25, 0.3) is 10.9 Å². The van der Waals surface area contributed by atoms with Gasteiger partial charge in [-0.2, -0.15) is 0 Å². The van der Waals surface area contributed by atoms with Crippen molar-refractivity contribution in [3.63, 3.8) is 0 Å². The number of esters is 1. The van der Waals surface area contributed by atoms with Gasteiger partial charge in [0.1, 0.15) is 6.54 Å². The molecule has 1 amide bonds. The molecule has 3 rings (SSSR count). The van der Waals surface area contributed by atoms with Gasteiger partial charge in [-0.3, -0.25) is 4.79 Å². The summed E-state index contributed by atoms with van der Waals surface area (Å²) in [4.78, 5) is 23.9. The highest BCUT2D eigenvalue weighted by Crippen LogP contribution is 2.24. The standard InChI is InChI=1S/C18H15ClN2O3/c1-24-18(23)13-6-7-14(19)15(10-13)20-17(22)11-21-9-8-12-4-2-3-5-16(12)21/h2-10H,11H2,1H3,(H,20,22). The first-order valence-corrected chi connectivity index (χ1v) is 7.68. The maximum atomic E-state index is 12.3. The van der Waals surface area contributed by atoms with Crippen LogP contribution in [-0.4, -0.2) is 23.6 Å². The minimum atomic E-state index is -0.487. The average Bonchev–Trinajstić information content (AvgIpc) is 2.99. The topological polar surface area (TPSA) is 60.3 Å². The van der Waals surface area contributed by atoms with Gasteiger partial charge >= 0.3 is 5.97 Å². The van der Waals surface area contributed by atoms with E-state index in [-0.39, 0.29) is 12.5 Å². The lowest BCUT2D eigenvalue weighted by Gasteiger charge is -2.10. The lowest BCUT2D eigenvalue weighted by molar-refractivity contribution is -0.116. The zero-order valence-corrected chi connectivity index (χ0v) is 13.7. The monoisotopic (exact) mass is 342 g/mol. The van der Waals surface area contributed by atoms with Crippen LogP contribution in [0.5, 0.6) is 0 Å². The van der Waals surface area contributed by atoms with Crippen molar-refractivity contribution in [3.8, 4) is 0 Å². The molecule has 0 atom stereocenters. The van der Waals surface area contributed by atoms with E-state index < -0.39 is 5.97 Å². The fourth-order valence-corrected chi connectivity index (χ4v) is 2.65. The molecule has 3 aromatic rings. The maximum absolute atomic E-state index is 12.3. The van der Waals surface area contributed by atoms with E-state index in [0.717, 1.165) is 10.9 Å². The summed E-state index contributed by atoms with van der Waals surface area (Å²) in [5.74, 6) is -0.723. The van der Waals surface area contributed by atoms with E-state index in [4.69, 9.17) is 11.6 Å². The molecule has 1 heterocycles. The Balaban J connectivity index is 1.78. The zero-order chi connectivity index (χ0) is 17.1. The number of hydrogen-bond acceptors (Lipinski definition) is 3. The molecule has 0 saturated heterocycles. The highest BCUT2D eigenvalue weighted by atomic mass is 35.5. The fraction of sp³-hybridized carbons (Fsp3) is 0.111. The molecule has 0 unspecified atom stereocenters. The van der Waals surface area contributed by atoms with E-state index in [1.54, 1.807) is 12.1 Å². The molecule has 0 aliphatic heterocycles. The molecule has 0 spiro atoms. The highest BCUT2D eigenvalue weighted by Gasteiger charge is 2.12. The van der Waals surface area contributed by atoms with Crippen LogP contribution in [0.1, 0.15) is 10.4 Å². The van der Waals surface area contributed by atoms with Crippen LogP contribution < -0.4 is 5.32 Å². The SMILES string of the molecule is COC(=O)c1ccc(Cl)c(NC(=O)Cn2ccc3ccccc32)c1. The minimum absolute atomic E-state index is 0.145. The van der Waals surface area contributed by atoms with E-state index in [0.29, 0.717) is 16.3 Å². The van der Waals surface area contributed by atoms with Gasteiger partial charge in [0.15, 0.2) is 0 Å². The third-order valence-electron chi connectivity index (χ3n) is 3.66. The summed E-state index contributed by atoms with van der Waals surface area (Å²) in [7, 11) is 1.30. The molecule has 0 saturated carbocycles. The molecule has 2 aromatic carbocycles. The second-order valence-electron chi connectivity index (χ2n) is 5.24. The molecule has 5 nitrogen and oxygen atoms in total. The molecule has 1 aromatic heterocycles.